The van der Waals surface area contributed by atoms with Gasteiger partial charge in [0.05, 0.1) is 10.6 Å². The van der Waals surface area contributed by atoms with E-state index >= 15 is 0 Å². The van der Waals surface area contributed by atoms with E-state index in [9.17, 15) is 15.3 Å². The Morgan fingerprint density at radius 2 is 2.42 bits per heavy atom. The molecule has 0 spiro atoms. The Bertz CT molecular complexity index is 295. The smallest absolute Gasteiger partial charge is 0.271 e. The minimum atomic E-state index is -0.654. The van der Waals surface area contributed by atoms with Crippen LogP contribution >= 0.6 is 21.0 Å². The van der Waals surface area contributed by atoms with Crippen LogP contribution in [0.4, 0.5) is 0 Å². The fourth-order valence-corrected chi connectivity index (χ4v) is 2.06. The summed E-state index contributed by atoms with van der Waals surface area (Å²) >= 11 is -0.654. The Morgan fingerprint density at radius 3 is 3.00 bits per heavy atom. The number of hydroxylamine groups is 1. The predicted octanol–water partition coefficient (Wildman–Crippen LogP) is 1.44. The van der Waals surface area contributed by atoms with Gasteiger partial charge in [-0.05, 0) is 10.9 Å². The molecule has 0 saturated carbocycles. The number of nitrogens with zero attached hydrogens (tertiary/aromatic N) is 2. The number of nitro groups is 1. The standard InChI is InChI=1S/C6H7IN2O3/c1-5-4-6(9(11)12)2-3-7-8(5)10/h2-4,10H,1H3. The fourth-order valence-electron chi connectivity index (χ4n) is 0.652. The number of allylic oxidation sites excluding steroid dienone is 3. The first-order valence-electron chi connectivity index (χ1n) is 3.10. The van der Waals surface area contributed by atoms with Crippen LogP contribution in [0.15, 0.2) is 23.5 Å². The molecule has 1 aliphatic heterocycles. The monoisotopic (exact) mass is 282 g/mol. The second-order valence-electron chi connectivity index (χ2n) is 2.12. The zero-order valence-electron chi connectivity index (χ0n) is 6.27. The molecule has 66 valence electrons. The minimum absolute atomic E-state index is 0.0174. The van der Waals surface area contributed by atoms with Gasteiger partial charge in [0, 0.05) is 33.2 Å². The van der Waals surface area contributed by atoms with Crippen LogP contribution in [0.25, 0.3) is 0 Å². The summed E-state index contributed by atoms with van der Waals surface area (Å²) in [5, 5.41) is 19.5. The van der Waals surface area contributed by atoms with Gasteiger partial charge in [-0.25, -0.2) is 3.28 Å². The van der Waals surface area contributed by atoms with Gasteiger partial charge in [0.15, 0.2) is 0 Å². The van der Waals surface area contributed by atoms with Gasteiger partial charge in [0.2, 0.25) is 0 Å². The van der Waals surface area contributed by atoms with Gasteiger partial charge >= 0.3 is 0 Å². The van der Waals surface area contributed by atoms with Gasteiger partial charge in [0.25, 0.3) is 5.70 Å². The quantitative estimate of drug-likeness (QED) is 0.342. The van der Waals surface area contributed by atoms with Crippen molar-refractivity contribution in [3.8, 4) is 0 Å². The van der Waals surface area contributed by atoms with E-state index in [1.807, 2.05) is 0 Å². The lowest BCUT2D eigenvalue weighted by molar-refractivity contribution is -0.418. The highest BCUT2D eigenvalue weighted by molar-refractivity contribution is 14.2. The molecule has 0 unspecified atom stereocenters. The molecular weight excluding hydrogens is 275 g/mol. The Kier molecular flexibility index (Phi) is 2.93. The molecule has 0 radical (unpaired) electrons. The van der Waals surface area contributed by atoms with Crippen molar-refractivity contribution in [2.75, 3.05) is 0 Å². The molecule has 0 saturated heterocycles. The lowest BCUT2D eigenvalue weighted by atomic mass is 10.3. The van der Waals surface area contributed by atoms with Crippen molar-refractivity contribution in [3.05, 3.63) is 33.7 Å². The molecule has 1 rings (SSSR count). The van der Waals surface area contributed by atoms with Crippen molar-refractivity contribution < 1.29 is 10.1 Å². The van der Waals surface area contributed by atoms with E-state index in [-0.39, 0.29) is 5.70 Å². The first-order valence-corrected chi connectivity index (χ1v) is 5.31. The number of hydrogen-bond acceptors (Lipinski definition) is 4. The van der Waals surface area contributed by atoms with Crippen LogP contribution in [0.2, 0.25) is 0 Å². The lowest BCUT2D eigenvalue weighted by Crippen LogP contribution is -2.03. The molecule has 0 aromatic rings. The highest BCUT2D eigenvalue weighted by Crippen LogP contribution is 2.17. The van der Waals surface area contributed by atoms with Gasteiger partial charge in [-0.15, -0.1) is 0 Å². The Morgan fingerprint density at radius 1 is 1.75 bits per heavy atom. The Balaban J connectivity index is 2.99. The molecule has 0 aliphatic carbocycles. The average molecular weight is 282 g/mol. The van der Waals surface area contributed by atoms with Gasteiger partial charge in [0.1, 0.15) is 0 Å². The molecule has 6 heteroatoms. The molecule has 0 amide bonds. The Labute approximate surface area is 79.2 Å². The van der Waals surface area contributed by atoms with Crippen molar-refractivity contribution in [3.63, 3.8) is 0 Å². The van der Waals surface area contributed by atoms with Gasteiger partial charge in [-0.3, -0.25) is 15.3 Å². The van der Waals surface area contributed by atoms with E-state index in [1.54, 1.807) is 10.9 Å². The van der Waals surface area contributed by atoms with Crippen LogP contribution in [-0.4, -0.2) is 17.4 Å². The second-order valence-corrected chi connectivity index (χ2v) is 4.31. The molecule has 12 heavy (non-hydrogen) atoms. The van der Waals surface area contributed by atoms with Crippen molar-refractivity contribution in [1.29, 1.82) is 0 Å². The summed E-state index contributed by atoms with van der Waals surface area (Å²) in [6, 6.07) is 0. The van der Waals surface area contributed by atoms with Crippen molar-refractivity contribution >= 4 is 25.0 Å². The number of rotatable bonds is 1. The van der Waals surface area contributed by atoms with Crippen molar-refractivity contribution in [2.45, 2.75) is 6.92 Å². The van der Waals surface area contributed by atoms with Gasteiger partial charge in [-0.2, -0.15) is 0 Å². The van der Waals surface area contributed by atoms with E-state index < -0.39 is 25.9 Å². The normalized spacial score (nSPS) is 17.3. The fraction of sp³-hybridized carbons (Fsp3) is 0.167. The van der Waals surface area contributed by atoms with Crippen LogP contribution < -0.4 is 0 Å². The van der Waals surface area contributed by atoms with Crippen molar-refractivity contribution in [1.82, 2.24) is 3.28 Å². The van der Waals surface area contributed by atoms with Gasteiger partial charge in [-0.1, -0.05) is 0 Å². The maximum absolute atomic E-state index is 10.3. The molecule has 5 nitrogen and oxygen atoms in total. The molecule has 1 aliphatic rings. The molecule has 1 heterocycles. The number of hydrogen-bond donors (Lipinski definition) is 1. The summed E-state index contributed by atoms with van der Waals surface area (Å²) in [6.45, 7) is 1.64. The topological polar surface area (TPSA) is 66.6 Å². The highest BCUT2D eigenvalue weighted by atomic mass is 127. The van der Waals surface area contributed by atoms with E-state index in [2.05, 4.69) is 0 Å². The van der Waals surface area contributed by atoms with Gasteiger partial charge < -0.3 is 0 Å². The molecule has 0 atom stereocenters. The maximum Gasteiger partial charge on any atom is 0.271 e. The summed E-state index contributed by atoms with van der Waals surface area (Å²) in [5.74, 6) is 0. The van der Waals surface area contributed by atoms with Crippen LogP contribution in [0.1, 0.15) is 6.92 Å². The molecule has 0 fully saturated rings. The van der Waals surface area contributed by atoms with Crippen molar-refractivity contribution in [2.24, 2.45) is 0 Å². The molecule has 1 N–H and O–H groups in total. The SMILES string of the molecule is CC1=CC([N+](=O)[O-])=CC=IN1O. The van der Waals surface area contributed by atoms with Crippen LogP contribution in [0, 0.1) is 10.1 Å². The molecular formula is C6H7IN2O3. The predicted molar refractivity (Wildman–Crippen MR) is 52.5 cm³/mol. The molecule has 0 bridgehead atoms. The van der Waals surface area contributed by atoms with E-state index in [4.69, 9.17) is 0 Å². The third-order valence-electron chi connectivity index (χ3n) is 1.24. The highest BCUT2D eigenvalue weighted by Gasteiger charge is 2.10. The van der Waals surface area contributed by atoms with E-state index in [1.165, 1.54) is 12.2 Å². The van der Waals surface area contributed by atoms with Crippen LogP contribution in [0.5, 0.6) is 0 Å². The van der Waals surface area contributed by atoms with E-state index in [0.29, 0.717) is 5.70 Å². The molecule has 0 aromatic heterocycles. The minimum Gasteiger partial charge on any atom is -0.280 e. The summed E-state index contributed by atoms with van der Waals surface area (Å²) in [5.41, 5.74) is 0.531. The Hall–Kier alpha value is -0.760. The second kappa shape index (κ2) is 3.76. The third-order valence-corrected chi connectivity index (χ3v) is 3.21. The van der Waals surface area contributed by atoms with Crippen LogP contribution in [0.3, 0.4) is 0 Å². The average Bonchev–Trinajstić information content (AvgIpc) is 2.15. The van der Waals surface area contributed by atoms with E-state index in [0.717, 1.165) is 3.28 Å². The first kappa shape index (κ1) is 9.33. The third kappa shape index (κ3) is 2.11. The maximum atomic E-state index is 10.3. The first-order chi connectivity index (χ1) is 5.61. The zero-order valence-corrected chi connectivity index (χ0v) is 8.43. The van der Waals surface area contributed by atoms with Crippen LogP contribution in [-0.2, 0) is 0 Å². The largest absolute Gasteiger partial charge is 0.280 e. The lowest BCUT2D eigenvalue weighted by Gasteiger charge is -2.07. The molecule has 0 aromatic carbocycles. The summed E-state index contributed by atoms with van der Waals surface area (Å²) in [4.78, 5) is 9.87. The number of halogens is 1. The summed E-state index contributed by atoms with van der Waals surface area (Å²) < 4.78 is 2.70. The zero-order chi connectivity index (χ0) is 9.14. The summed E-state index contributed by atoms with van der Waals surface area (Å²) in [6.07, 6.45) is 2.77. The summed E-state index contributed by atoms with van der Waals surface area (Å²) in [7, 11) is 0.